The number of carbonyl (C=O) groups excluding carboxylic acids is 2. The van der Waals surface area contributed by atoms with E-state index in [0.717, 1.165) is 38.5 Å². The molecule has 0 radical (unpaired) electrons. The normalized spacial score (nSPS) is 21.7. The quantitative estimate of drug-likeness (QED) is 0.0427. The van der Waals surface area contributed by atoms with Crippen LogP contribution in [0.2, 0.25) is 0 Å². The predicted molar refractivity (Wildman–Crippen MR) is 187 cm³/mol. The molecule has 1 aliphatic rings. The zero-order valence-corrected chi connectivity index (χ0v) is 30.5. The molecule has 1 aliphatic heterocycles. The molecule has 0 aromatic carbocycles. The molecule has 4 N–H and O–H groups in total. The van der Waals surface area contributed by atoms with E-state index in [2.05, 4.69) is 13.8 Å². The van der Waals surface area contributed by atoms with Crippen molar-refractivity contribution >= 4 is 11.9 Å². The van der Waals surface area contributed by atoms with Crippen molar-refractivity contribution in [2.45, 2.75) is 211 Å². The molecular weight excluding hydrogens is 616 g/mol. The summed E-state index contributed by atoms with van der Waals surface area (Å²) in [7, 11) is 0. The monoisotopic (exact) mass is 689 g/mol. The van der Waals surface area contributed by atoms with Crippen LogP contribution in [-0.4, -0.2) is 89.0 Å². The molecule has 0 aliphatic carbocycles. The van der Waals surface area contributed by atoms with Crippen LogP contribution in [-0.2, 0) is 28.5 Å². The molecule has 284 valence electrons. The van der Waals surface area contributed by atoms with Crippen LogP contribution in [0.3, 0.4) is 0 Å². The highest BCUT2D eigenvalue weighted by Gasteiger charge is 2.44. The van der Waals surface area contributed by atoms with Gasteiger partial charge in [0, 0.05) is 12.8 Å². The van der Waals surface area contributed by atoms with Crippen molar-refractivity contribution in [1.82, 2.24) is 0 Å². The van der Waals surface area contributed by atoms with E-state index in [-0.39, 0.29) is 32.0 Å². The van der Waals surface area contributed by atoms with Gasteiger partial charge in [-0.2, -0.15) is 0 Å². The minimum atomic E-state index is -1.59. The second-order valence-electron chi connectivity index (χ2n) is 13.8. The Morgan fingerprint density at radius 2 is 0.979 bits per heavy atom. The maximum absolute atomic E-state index is 12.7. The van der Waals surface area contributed by atoms with Gasteiger partial charge < -0.3 is 39.4 Å². The molecule has 0 bridgehead atoms. The van der Waals surface area contributed by atoms with Gasteiger partial charge in [-0.1, -0.05) is 149 Å². The number of aliphatic hydroxyl groups is 4. The van der Waals surface area contributed by atoms with Gasteiger partial charge in [-0.3, -0.25) is 9.59 Å². The number of unbranched alkanes of at least 4 members (excludes halogenated alkanes) is 21. The van der Waals surface area contributed by atoms with Crippen molar-refractivity contribution < 1.29 is 49.0 Å². The lowest BCUT2D eigenvalue weighted by atomic mass is 9.99. The van der Waals surface area contributed by atoms with E-state index < -0.39 is 49.4 Å². The molecule has 48 heavy (non-hydrogen) atoms. The summed E-state index contributed by atoms with van der Waals surface area (Å²) in [5.74, 6) is -0.802. The van der Waals surface area contributed by atoms with Crippen LogP contribution in [0, 0.1) is 0 Å². The van der Waals surface area contributed by atoms with Crippen molar-refractivity contribution in [2.75, 3.05) is 19.8 Å². The lowest BCUT2D eigenvalue weighted by molar-refractivity contribution is -0.305. The van der Waals surface area contributed by atoms with Crippen molar-refractivity contribution in [2.24, 2.45) is 0 Å². The number of hydrogen-bond acceptors (Lipinski definition) is 10. The zero-order chi connectivity index (χ0) is 35.2. The van der Waals surface area contributed by atoms with Crippen molar-refractivity contribution in [1.29, 1.82) is 0 Å². The van der Waals surface area contributed by atoms with Gasteiger partial charge in [0.1, 0.15) is 31.0 Å². The average molecular weight is 689 g/mol. The van der Waals surface area contributed by atoms with Crippen LogP contribution in [0.5, 0.6) is 0 Å². The summed E-state index contributed by atoms with van der Waals surface area (Å²) in [5.41, 5.74) is 0. The zero-order valence-electron chi connectivity index (χ0n) is 30.5. The standard InChI is InChI=1S/C38H72O10/c1-3-5-7-9-11-13-14-15-16-17-18-19-21-23-25-27-34(41)47-31(29-45-33(40)26-24-22-20-12-10-8-6-4-2)30-46-38-37(44)36(43)35(42)32(28-39)48-38/h31-32,35-39,42-44H,3-30H2,1-2H3/t31-,32-,35+,36+,37-,38-/m1/s1. The summed E-state index contributed by atoms with van der Waals surface area (Å²) < 4.78 is 22.0. The van der Waals surface area contributed by atoms with E-state index >= 15 is 0 Å². The molecule has 0 unspecified atom stereocenters. The third-order valence-corrected chi connectivity index (χ3v) is 9.24. The Balaban J connectivity index is 2.36. The molecule has 1 saturated heterocycles. The summed E-state index contributed by atoms with van der Waals surface area (Å²) >= 11 is 0. The third-order valence-electron chi connectivity index (χ3n) is 9.24. The third kappa shape index (κ3) is 22.4. The second-order valence-corrected chi connectivity index (χ2v) is 13.8. The average Bonchev–Trinajstić information content (AvgIpc) is 3.08. The number of aliphatic hydroxyl groups excluding tert-OH is 4. The molecule has 6 atom stereocenters. The highest BCUT2D eigenvalue weighted by atomic mass is 16.7. The molecule has 0 aromatic rings. The van der Waals surface area contributed by atoms with Crippen molar-refractivity contribution in [3.05, 3.63) is 0 Å². The van der Waals surface area contributed by atoms with E-state index in [1.807, 2.05) is 0 Å². The van der Waals surface area contributed by atoms with Crippen LogP contribution >= 0.6 is 0 Å². The minimum Gasteiger partial charge on any atom is -0.462 e. The molecule has 1 heterocycles. The Morgan fingerprint density at radius 1 is 0.562 bits per heavy atom. The van der Waals surface area contributed by atoms with E-state index in [1.165, 1.54) is 103 Å². The van der Waals surface area contributed by atoms with Gasteiger partial charge in [0.25, 0.3) is 0 Å². The van der Waals surface area contributed by atoms with Gasteiger partial charge >= 0.3 is 11.9 Å². The van der Waals surface area contributed by atoms with Crippen LogP contribution in [0.25, 0.3) is 0 Å². The summed E-state index contributed by atoms with van der Waals surface area (Å²) in [6.45, 7) is 3.39. The summed E-state index contributed by atoms with van der Waals surface area (Å²) in [6, 6.07) is 0. The number of rotatable bonds is 32. The fourth-order valence-corrected chi connectivity index (χ4v) is 6.07. The largest absolute Gasteiger partial charge is 0.462 e. The van der Waals surface area contributed by atoms with E-state index in [0.29, 0.717) is 6.42 Å². The minimum absolute atomic E-state index is 0.210. The van der Waals surface area contributed by atoms with Crippen LogP contribution in [0.1, 0.15) is 174 Å². The van der Waals surface area contributed by atoms with E-state index in [9.17, 15) is 30.0 Å². The Labute approximate surface area is 291 Å². The maximum atomic E-state index is 12.7. The van der Waals surface area contributed by atoms with Gasteiger partial charge in [0.15, 0.2) is 12.4 Å². The Kier molecular flexibility index (Phi) is 28.4. The number of carbonyl (C=O) groups is 2. The fourth-order valence-electron chi connectivity index (χ4n) is 6.07. The van der Waals surface area contributed by atoms with Crippen molar-refractivity contribution in [3.63, 3.8) is 0 Å². The number of esters is 2. The molecular formula is C38H72O10. The first-order chi connectivity index (χ1) is 23.3. The molecule has 0 spiro atoms. The van der Waals surface area contributed by atoms with Gasteiger partial charge in [-0.05, 0) is 12.8 Å². The molecule has 1 fully saturated rings. The van der Waals surface area contributed by atoms with E-state index in [4.69, 9.17) is 18.9 Å². The van der Waals surface area contributed by atoms with Gasteiger partial charge in [-0.25, -0.2) is 0 Å². The molecule has 10 nitrogen and oxygen atoms in total. The van der Waals surface area contributed by atoms with Gasteiger partial charge in [-0.15, -0.1) is 0 Å². The Morgan fingerprint density at radius 3 is 1.42 bits per heavy atom. The first-order valence-electron chi connectivity index (χ1n) is 19.6. The molecule has 1 rings (SSSR count). The van der Waals surface area contributed by atoms with Crippen molar-refractivity contribution in [3.8, 4) is 0 Å². The van der Waals surface area contributed by atoms with Crippen LogP contribution < -0.4 is 0 Å². The smallest absolute Gasteiger partial charge is 0.306 e. The van der Waals surface area contributed by atoms with Crippen LogP contribution in [0.4, 0.5) is 0 Å². The molecule has 10 heteroatoms. The predicted octanol–water partition coefficient (Wildman–Crippen LogP) is 7.05. The lowest BCUT2D eigenvalue weighted by Crippen LogP contribution is -2.59. The van der Waals surface area contributed by atoms with E-state index in [1.54, 1.807) is 0 Å². The first-order valence-corrected chi connectivity index (χ1v) is 19.6. The number of hydrogen-bond donors (Lipinski definition) is 4. The lowest BCUT2D eigenvalue weighted by Gasteiger charge is -2.39. The highest BCUT2D eigenvalue weighted by Crippen LogP contribution is 2.22. The SMILES string of the molecule is CCCCCCCCCCCCCCCCCC(=O)O[C@H](COC(=O)CCCCCCCCCC)CO[C@@H]1O[C@H](CO)[C@H](O)[C@H](O)[C@H]1O. The van der Waals surface area contributed by atoms with Gasteiger partial charge in [0.05, 0.1) is 13.2 Å². The summed E-state index contributed by atoms with van der Waals surface area (Å²) in [6.07, 6.45) is 19.8. The maximum Gasteiger partial charge on any atom is 0.306 e. The van der Waals surface area contributed by atoms with Crippen LogP contribution in [0.15, 0.2) is 0 Å². The second kappa shape index (κ2) is 30.5. The molecule has 0 saturated carbocycles. The number of ether oxygens (including phenoxy) is 4. The molecule has 0 amide bonds. The Hall–Kier alpha value is -1.30. The fraction of sp³-hybridized carbons (Fsp3) is 0.947. The molecule has 0 aromatic heterocycles. The highest BCUT2D eigenvalue weighted by molar-refractivity contribution is 5.70. The first kappa shape index (κ1) is 44.7. The van der Waals surface area contributed by atoms with Gasteiger partial charge in [0.2, 0.25) is 0 Å². The summed E-state index contributed by atoms with van der Waals surface area (Å²) in [4.78, 5) is 25.1. The summed E-state index contributed by atoms with van der Waals surface area (Å²) in [5, 5.41) is 39.8. The topological polar surface area (TPSA) is 152 Å². The Bertz CT molecular complexity index is 764.